The largest absolute Gasteiger partial charge is 0.409 e. The van der Waals surface area contributed by atoms with Gasteiger partial charge in [0.25, 0.3) is 0 Å². The van der Waals surface area contributed by atoms with Crippen molar-refractivity contribution in [1.29, 1.82) is 0 Å². The first kappa shape index (κ1) is 14.9. The molecule has 2 rings (SSSR count). The lowest BCUT2D eigenvalue weighted by Gasteiger charge is -2.14. The summed E-state index contributed by atoms with van der Waals surface area (Å²) in [6.07, 6.45) is 3.22. The van der Waals surface area contributed by atoms with Crippen LogP contribution in [-0.2, 0) is 10.0 Å². The van der Waals surface area contributed by atoms with Gasteiger partial charge in [-0.2, -0.15) is 0 Å². The Labute approximate surface area is 122 Å². The van der Waals surface area contributed by atoms with Crippen molar-refractivity contribution in [3.63, 3.8) is 0 Å². The highest BCUT2D eigenvalue weighted by molar-refractivity contribution is 7.93. The van der Waals surface area contributed by atoms with Crippen LogP contribution in [0.25, 0.3) is 0 Å². The van der Waals surface area contributed by atoms with Gasteiger partial charge in [0.05, 0.1) is 16.0 Å². The SMILES string of the molecule is N/C(=N/O)c1ccc(NS(=O)(=O)C2CCCC2)c(Cl)c1. The highest BCUT2D eigenvalue weighted by Gasteiger charge is 2.29. The van der Waals surface area contributed by atoms with Crippen LogP contribution in [0.5, 0.6) is 0 Å². The van der Waals surface area contributed by atoms with Crippen LogP contribution in [0.3, 0.4) is 0 Å². The third-order valence-corrected chi connectivity index (χ3v) is 5.53. The van der Waals surface area contributed by atoms with E-state index in [9.17, 15) is 8.42 Å². The van der Waals surface area contributed by atoms with Crippen molar-refractivity contribution < 1.29 is 13.6 Å². The Hall–Kier alpha value is -1.47. The molecule has 0 bridgehead atoms. The predicted molar refractivity (Wildman–Crippen MR) is 78.8 cm³/mol. The number of nitrogens with two attached hydrogens (primary N) is 1. The fourth-order valence-electron chi connectivity index (χ4n) is 2.25. The summed E-state index contributed by atoms with van der Waals surface area (Å²) in [6, 6.07) is 4.48. The number of benzene rings is 1. The molecule has 1 aromatic carbocycles. The minimum atomic E-state index is -3.42. The van der Waals surface area contributed by atoms with Crippen molar-refractivity contribution in [2.24, 2.45) is 10.9 Å². The minimum absolute atomic E-state index is 0.0860. The van der Waals surface area contributed by atoms with E-state index in [2.05, 4.69) is 9.88 Å². The number of hydrogen-bond donors (Lipinski definition) is 3. The van der Waals surface area contributed by atoms with E-state index in [1.807, 2.05) is 0 Å². The average molecular weight is 318 g/mol. The van der Waals surface area contributed by atoms with E-state index in [1.165, 1.54) is 18.2 Å². The van der Waals surface area contributed by atoms with Gasteiger partial charge in [0.1, 0.15) is 0 Å². The molecule has 1 aliphatic carbocycles. The van der Waals surface area contributed by atoms with E-state index in [-0.39, 0.29) is 16.1 Å². The first-order valence-electron chi connectivity index (χ1n) is 6.23. The summed E-state index contributed by atoms with van der Waals surface area (Å²) in [5.41, 5.74) is 6.16. The van der Waals surface area contributed by atoms with E-state index in [0.717, 1.165) is 12.8 Å². The maximum atomic E-state index is 12.2. The third-order valence-electron chi connectivity index (χ3n) is 3.37. The molecule has 1 aromatic rings. The average Bonchev–Trinajstić information content (AvgIpc) is 2.95. The zero-order chi connectivity index (χ0) is 14.8. The first-order chi connectivity index (χ1) is 9.44. The van der Waals surface area contributed by atoms with Crippen LogP contribution in [0.2, 0.25) is 5.02 Å². The molecule has 110 valence electrons. The number of hydrogen-bond acceptors (Lipinski definition) is 4. The molecular weight excluding hydrogens is 302 g/mol. The zero-order valence-corrected chi connectivity index (χ0v) is 12.3. The molecule has 6 nitrogen and oxygen atoms in total. The summed E-state index contributed by atoms with van der Waals surface area (Å²) in [4.78, 5) is 0. The minimum Gasteiger partial charge on any atom is -0.409 e. The van der Waals surface area contributed by atoms with Crippen LogP contribution < -0.4 is 10.5 Å². The standard InChI is InChI=1S/C12H16ClN3O3S/c13-10-7-8(12(14)15-17)5-6-11(10)16-20(18,19)9-3-1-2-4-9/h5-7,9,16-17H,1-4H2,(H2,14,15). The second kappa shape index (κ2) is 5.88. The molecular formula is C12H16ClN3O3S. The monoisotopic (exact) mass is 317 g/mol. The third kappa shape index (κ3) is 3.16. The Morgan fingerprint density at radius 2 is 2.05 bits per heavy atom. The lowest BCUT2D eigenvalue weighted by molar-refractivity contribution is 0.318. The van der Waals surface area contributed by atoms with Crippen LogP contribution in [0.1, 0.15) is 31.2 Å². The molecule has 0 spiro atoms. The van der Waals surface area contributed by atoms with E-state index in [4.69, 9.17) is 22.5 Å². The molecule has 0 heterocycles. The predicted octanol–water partition coefficient (Wildman–Crippen LogP) is 2.12. The number of rotatable bonds is 4. The number of amidine groups is 1. The topological polar surface area (TPSA) is 105 Å². The smallest absolute Gasteiger partial charge is 0.235 e. The molecule has 0 aromatic heterocycles. The number of anilines is 1. The van der Waals surface area contributed by atoms with Crippen molar-refractivity contribution in [3.05, 3.63) is 28.8 Å². The van der Waals surface area contributed by atoms with Crippen molar-refractivity contribution in [1.82, 2.24) is 0 Å². The van der Waals surface area contributed by atoms with Gasteiger partial charge in [-0.1, -0.05) is 29.6 Å². The van der Waals surface area contributed by atoms with Crippen LogP contribution in [0.15, 0.2) is 23.4 Å². The maximum absolute atomic E-state index is 12.2. The molecule has 0 saturated heterocycles. The molecule has 8 heteroatoms. The van der Waals surface area contributed by atoms with Crippen LogP contribution in [-0.4, -0.2) is 24.7 Å². The van der Waals surface area contributed by atoms with Crippen LogP contribution in [0, 0.1) is 0 Å². The zero-order valence-electron chi connectivity index (χ0n) is 10.7. The van der Waals surface area contributed by atoms with Crippen molar-refractivity contribution >= 4 is 33.1 Å². The fourth-order valence-corrected chi connectivity index (χ4v) is 4.14. The van der Waals surface area contributed by atoms with Crippen molar-refractivity contribution in [3.8, 4) is 0 Å². The van der Waals surface area contributed by atoms with Gasteiger partial charge < -0.3 is 10.9 Å². The highest BCUT2D eigenvalue weighted by Crippen LogP contribution is 2.29. The van der Waals surface area contributed by atoms with Crippen molar-refractivity contribution in [2.75, 3.05) is 4.72 Å². The Morgan fingerprint density at radius 1 is 1.40 bits per heavy atom. The number of nitrogens with one attached hydrogen (secondary N) is 1. The summed E-state index contributed by atoms with van der Waals surface area (Å²) in [7, 11) is -3.42. The number of halogens is 1. The molecule has 0 amide bonds. The molecule has 1 fully saturated rings. The second-order valence-corrected chi connectivity index (χ2v) is 7.10. The molecule has 4 N–H and O–H groups in total. The molecule has 0 aliphatic heterocycles. The molecule has 20 heavy (non-hydrogen) atoms. The number of oxime groups is 1. The summed E-state index contributed by atoms with van der Waals surface area (Å²) in [5.74, 6) is -0.0860. The Morgan fingerprint density at radius 3 is 2.60 bits per heavy atom. The quantitative estimate of drug-likeness (QED) is 0.342. The van der Waals surface area contributed by atoms with Gasteiger partial charge in [0.15, 0.2) is 5.84 Å². The second-order valence-electron chi connectivity index (χ2n) is 4.73. The van der Waals surface area contributed by atoms with Gasteiger partial charge in [-0.25, -0.2) is 8.42 Å². The summed E-state index contributed by atoms with van der Waals surface area (Å²) in [5, 5.41) is 11.3. The van der Waals surface area contributed by atoms with Gasteiger partial charge in [-0.15, -0.1) is 0 Å². The molecule has 0 unspecified atom stereocenters. The van der Waals surface area contributed by atoms with E-state index in [0.29, 0.717) is 24.1 Å². The molecule has 0 atom stereocenters. The maximum Gasteiger partial charge on any atom is 0.235 e. The van der Waals surface area contributed by atoms with Gasteiger partial charge in [-0.05, 0) is 31.0 Å². The summed E-state index contributed by atoms with van der Waals surface area (Å²) < 4.78 is 26.9. The van der Waals surface area contributed by atoms with Gasteiger partial charge in [-0.3, -0.25) is 4.72 Å². The molecule has 1 saturated carbocycles. The number of sulfonamides is 1. The van der Waals surface area contributed by atoms with Gasteiger partial charge >= 0.3 is 0 Å². The highest BCUT2D eigenvalue weighted by atomic mass is 35.5. The van der Waals surface area contributed by atoms with Gasteiger partial charge in [0, 0.05) is 5.56 Å². The lowest BCUT2D eigenvalue weighted by atomic mass is 10.2. The first-order valence-corrected chi connectivity index (χ1v) is 8.15. The molecule has 0 radical (unpaired) electrons. The number of nitrogens with zero attached hydrogens (tertiary/aromatic N) is 1. The Kier molecular flexibility index (Phi) is 4.39. The summed E-state index contributed by atoms with van der Waals surface area (Å²) >= 11 is 6.02. The van der Waals surface area contributed by atoms with E-state index >= 15 is 0 Å². The van der Waals surface area contributed by atoms with Crippen molar-refractivity contribution in [2.45, 2.75) is 30.9 Å². The van der Waals surface area contributed by atoms with Gasteiger partial charge in [0.2, 0.25) is 10.0 Å². The Balaban J connectivity index is 2.22. The normalized spacial score (nSPS) is 17.4. The summed E-state index contributed by atoms with van der Waals surface area (Å²) in [6.45, 7) is 0. The lowest BCUT2D eigenvalue weighted by Crippen LogP contribution is -2.25. The van der Waals surface area contributed by atoms with Crippen LogP contribution >= 0.6 is 11.6 Å². The van der Waals surface area contributed by atoms with E-state index in [1.54, 1.807) is 0 Å². The van der Waals surface area contributed by atoms with E-state index < -0.39 is 10.0 Å². The Bertz CT molecular complexity index is 625. The molecule has 1 aliphatic rings. The van der Waals surface area contributed by atoms with Crippen LogP contribution in [0.4, 0.5) is 5.69 Å². The fraction of sp³-hybridized carbons (Fsp3) is 0.417.